The van der Waals surface area contributed by atoms with E-state index in [0.29, 0.717) is 17.6 Å². The third kappa shape index (κ3) is 3.50. The highest BCUT2D eigenvalue weighted by Crippen LogP contribution is 2.30. The van der Waals surface area contributed by atoms with E-state index in [4.69, 9.17) is 0 Å². The number of ketones is 1. The SMILES string of the molecule is CCCCCCC1CC(C)CC1=O. The van der Waals surface area contributed by atoms with Crippen LogP contribution in [0.15, 0.2) is 0 Å². The summed E-state index contributed by atoms with van der Waals surface area (Å²) in [5.41, 5.74) is 0. The zero-order valence-electron chi connectivity index (χ0n) is 9.01. The van der Waals surface area contributed by atoms with Gasteiger partial charge in [-0.15, -0.1) is 0 Å². The molecule has 13 heavy (non-hydrogen) atoms. The molecule has 1 heteroatoms. The molecule has 1 aliphatic carbocycles. The van der Waals surface area contributed by atoms with Crippen LogP contribution in [0.3, 0.4) is 0 Å². The molecule has 0 radical (unpaired) electrons. The molecule has 0 heterocycles. The van der Waals surface area contributed by atoms with E-state index in [-0.39, 0.29) is 0 Å². The summed E-state index contributed by atoms with van der Waals surface area (Å²) in [6, 6.07) is 0. The Hall–Kier alpha value is -0.330. The smallest absolute Gasteiger partial charge is 0.136 e. The Labute approximate surface area is 81.9 Å². The van der Waals surface area contributed by atoms with Crippen molar-refractivity contribution in [2.75, 3.05) is 0 Å². The molecular formula is C12H22O. The molecule has 76 valence electrons. The molecule has 1 aliphatic rings. The van der Waals surface area contributed by atoms with E-state index < -0.39 is 0 Å². The lowest BCUT2D eigenvalue weighted by Crippen LogP contribution is -2.05. The van der Waals surface area contributed by atoms with Crippen LogP contribution in [0.4, 0.5) is 0 Å². The second-order valence-electron chi connectivity index (χ2n) is 4.56. The summed E-state index contributed by atoms with van der Waals surface area (Å²) in [5, 5.41) is 0. The van der Waals surface area contributed by atoms with E-state index >= 15 is 0 Å². The highest BCUT2D eigenvalue weighted by molar-refractivity contribution is 5.83. The summed E-state index contributed by atoms with van der Waals surface area (Å²) < 4.78 is 0. The third-order valence-electron chi connectivity index (χ3n) is 3.10. The van der Waals surface area contributed by atoms with Crippen LogP contribution in [-0.2, 0) is 4.79 Å². The van der Waals surface area contributed by atoms with Gasteiger partial charge in [-0.2, -0.15) is 0 Å². The van der Waals surface area contributed by atoms with Gasteiger partial charge in [0.05, 0.1) is 0 Å². The van der Waals surface area contributed by atoms with E-state index in [9.17, 15) is 4.79 Å². The lowest BCUT2D eigenvalue weighted by atomic mass is 9.98. The zero-order valence-corrected chi connectivity index (χ0v) is 9.01. The Morgan fingerprint density at radius 1 is 1.31 bits per heavy atom. The molecule has 1 rings (SSSR count). The van der Waals surface area contributed by atoms with Gasteiger partial charge in [-0.1, -0.05) is 39.5 Å². The molecule has 1 fully saturated rings. The summed E-state index contributed by atoms with van der Waals surface area (Å²) in [6.45, 7) is 4.42. The normalized spacial score (nSPS) is 28.3. The number of carbonyl (C=O) groups is 1. The quantitative estimate of drug-likeness (QED) is 0.594. The van der Waals surface area contributed by atoms with Crippen molar-refractivity contribution >= 4 is 5.78 Å². The second-order valence-corrected chi connectivity index (χ2v) is 4.56. The fourth-order valence-corrected chi connectivity index (χ4v) is 2.31. The van der Waals surface area contributed by atoms with E-state index in [1.54, 1.807) is 0 Å². The van der Waals surface area contributed by atoms with Gasteiger partial charge in [0.2, 0.25) is 0 Å². The van der Waals surface area contributed by atoms with Crippen LogP contribution in [0, 0.1) is 11.8 Å². The first kappa shape index (κ1) is 10.7. The first-order valence-corrected chi connectivity index (χ1v) is 5.76. The van der Waals surface area contributed by atoms with Crippen molar-refractivity contribution in [2.45, 2.75) is 58.8 Å². The van der Waals surface area contributed by atoms with Gasteiger partial charge in [-0.05, 0) is 18.8 Å². The number of hydrogen-bond acceptors (Lipinski definition) is 1. The van der Waals surface area contributed by atoms with Crippen LogP contribution in [-0.4, -0.2) is 5.78 Å². The van der Waals surface area contributed by atoms with Crippen LogP contribution >= 0.6 is 0 Å². The third-order valence-corrected chi connectivity index (χ3v) is 3.10. The molecule has 0 spiro atoms. The summed E-state index contributed by atoms with van der Waals surface area (Å²) in [5.74, 6) is 1.61. The predicted octanol–water partition coefficient (Wildman–Crippen LogP) is 3.57. The van der Waals surface area contributed by atoms with Gasteiger partial charge in [0.1, 0.15) is 5.78 Å². The molecule has 0 aromatic heterocycles. The fraction of sp³-hybridized carbons (Fsp3) is 0.917. The van der Waals surface area contributed by atoms with Crippen molar-refractivity contribution in [1.82, 2.24) is 0 Å². The topological polar surface area (TPSA) is 17.1 Å². The van der Waals surface area contributed by atoms with Gasteiger partial charge in [-0.3, -0.25) is 4.79 Å². The Balaban J connectivity index is 2.11. The standard InChI is InChI=1S/C12H22O/c1-3-4-5-6-7-11-8-10(2)9-12(11)13/h10-11H,3-9H2,1-2H3. The van der Waals surface area contributed by atoms with Gasteiger partial charge in [0, 0.05) is 12.3 Å². The van der Waals surface area contributed by atoms with Crippen molar-refractivity contribution in [3.63, 3.8) is 0 Å². The minimum atomic E-state index is 0.423. The van der Waals surface area contributed by atoms with Gasteiger partial charge in [-0.25, -0.2) is 0 Å². The van der Waals surface area contributed by atoms with Crippen LogP contribution in [0.5, 0.6) is 0 Å². The first-order chi connectivity index (χ1) is 6.24. The summed E-state index contributed by atoms with van der Waals surface area (Å²) in [4.78, 5) is 11.4. The van der Waals surface area contributed by atoms with E-state index in [1.165, 1.54) is 25.7 Å². The number of carbonyl (C=O) groups excluding carboxylic acids is 1. The van der Waals surface area contributed by atoms with E-state index in [1.807, 2.05) is 0 Å². The van der Waals surface area contributed by atoms with Crippen molar-refractivity contribution in [2.24, 2.45) is 11.8 Å². The molecule has 0 amide bonds. The van der Waals surface area contributed by atoms with Crippen LogP contribution in [0.1, 0.15) is 58.8 Å². The monoisotopic (exact) mass is 182 g/mol. The molecule has 1 saturated carbocycles. The van der Waals surface area contributed by atoms with Crippen LogP contribution in [0.2, 0.25) is 0 Å². The molecule has 0 aliphatic heterocycles. The molecule has 0 aromatic carbocycles. The molecule has 0 saturated heterocycles. The minimum absolute atomic E-state index is 0.423. The number of Topliss-reactive ketones (excluding diaryl/α,β-unsaturated/α-hetero) is 1. The molecule has 1 nitrogen and oxygen atoms in total. The zero-order chi connectivity index (χ0) is 9.68. The van der Waals surface area contributed by atoms with Crippen molar-refractivity contribution < 1.29 is 4.79 Å². The lowest BCUT2D eigenvalue weighted by molar-refractivity contribution is -0.120. The maximum atomic E-state index is 11.4. The Kier molecular flexibility index (Phi) is 4.47. The molecule has 0 bridgehead atoms. The fourth-order valence-electron chi connectivity index (χ4n) is 2.31. The maximum Gasteiger partial charge on any atom is 0.136 e. The van der Waals surface area contributed by atoms with Crippen LogP contribution in [0.25, 0.3) is 0 Å². The molecule has 2 atom stereocenters. The predicted molar refractivity (Wildman–Crippen MR) is 55.7 cm³/mol. The number of unbranched alkanes of at least 4 members (excludes halogenated alkanes) is 3. The Morgan fingerprint density at radius 3 is 2.62 bits per heavy atom. The average Bonchev–Trinajstić information content (AvgIpc) is 2.39. The van der Waals surface area contributed by atoms with Crippen molar-refractivity contribution in [3.05, 3.63) is 0 Å². The van der Waals surface area contributed by atoms with Gasteiger partial charge >= 0.3 is 0 Å². The molecule has 0 aromatic rings. The number of hydrogen-bond donors (Lipinski definition) is 0. The molecule has 0 N–H and O–H groups in total. The van der Waals surface area contributed by atoms with Gasteiger partial charge in [0.15, 0.2) is 0 Å². The Morgan fingerprint density at radius 2 is 2.08 bits per heavy atom. The minimum Gasteiger partial charge on any atom is -0.299 e. The first-order valence-electron chi connectivity index (χ1n) is 5.76. The van der Waals surface area contributed by atoms with E-state index in [2.05, 4.69) is 13.8 Å². The van der Waals surface area contributed by atoms with Gasteiger partial charge in [0.25, 0.3) is 0 Å². The molecular weight excluding hydrogens is 160 g/mol. The average molecular weight is 182 g/mol. The highest BCUT2D eigenvalue weighted by Gasteiger charge is 2.28. The second kappa shape index (κ2) is 5.41. The van der Waals surface area contributed by atoms with Crippen molar-refractivity contribution in [3.8, 4) is 0 Å². The maximum absolute atomic E-state index is 11.4. The lowest BCUT2D eigenvalue weighted by Gasteiger charge is -2.06. The van der Waals surface area contributed by atoms with Gasteiger partial charge < -0.3 is 0 Å². The van der Waals surface area contributed by atoms with Crippen molar-refractivity contribution in [1.29, 1.82) is 0 Å². The summed E-state index contributed by atoms with van der Waals surface area (Å²) in [7, 11) is 0. The highest BCUT2D eigenvalue weighted by atomic mass is 16.1. The van der Waals surface area contributed by atoms with Crippen LogP contribution < -0.4 is 0 Å². The Bertz CT molecular complexity index is 163. The van der Waals surface area contributed by atoms with E-state index in [0.717, 1.165) is 19.3 Å². The molecule has 2 unspecified atom stereocenters. The summed E-state index contributed by atoms with van der Waals surface area (Å²) >= 11 is 0. The largest absolute Gasteiger partial charge is 0.299 e. The summed E-state index contributed by atoms with van der Waals surface area (Å²) in [6.07, 6.45) is 8.35. The number of rotatable bonds is 5.